The second kappa shape index (κ2) is 34.0. The summed E-state index contributed by atoms with van der Waals surface area (Å²) in [6.45, 7) is 2.21. The molecule has 2 aromatic carbocycles. The molecular weight excluding hydrogens is 988 g/mol. The average molecular weight is 1060 g/mol. The summed E-state index contributed by atoms with van der Waals surface area (Å²) in [6.07, 6.45) is 8.86. The first-order valence-electron chi connectivity index (χ1n) is 24.0. The molecule has 0 aliphatic carbocycles. The molecule has 386 valence electrons. The Bertz CT molecular complexity index is 1860. The molecule has 1 unspecified atom stereocenters. The molecule has 0 saturated carbocycles. The van der Waals surface area contributed by atoms with E-state index in [1.165, 1.54) is 25.7 Å². The van der Waals surface area contributed by atoms with Crippen LogP contribution in [0.2, 0.25) is 20.1 Å². The maximum Gasteiger partial charge on any atom is 0.397 e. The highest BCUT2D eigenvalue weighted by atomic mass is 35.5. The molecule has 0 aromatic heterocycles. The van der Waals surface area contributed by atoms with Crippen LogP contribution in [0.5, 0.6) is 11.5 Å². The van der Waals surface area contributed by atoms with Gasteiger partial charge in [-0.3, -0.25) is 23.8 Å². The first-order chi connectivity index (χ1) is 32.6. The van der Waals surface area contributed by atoms with Crippen LogP contribution in [0.1, 0.15) is 155 Å². The minimum Gasteiger partial charge on any atom is -0.493 e. The monoisotopic (exact) mass is 1060 g/mol. The molecule has 2 aromatic rings. The van der Waals surface area contributed by atoms with Gasteiger partial charge in [0, 0.05) is 39.4 Å². The minimum absolute atomic E-state index is 0.114. The highest BCUT2D eigenvalue weighted by Crippen LogP contribution is 2.35. The lowest BCUT2D eigenvalue weighted by molar-refractivity contribution is -0.280. The molecule has 15 nitrogen and oxygen atoms in total. The van der Waals surface area contributed by atoms with Crippen molar-refractivity contribution in [2.45, 2.75) is 185 Å². The van der Waals surface area contributed by atoms with Gasteiger partial charge in [-0.15, -0.1) is 0 Å². The van der Waals surface area contributed by atoms with Crippen molar-refractivity contribution < 1.29 is 65.2 Å². The van der Waals surface area contributed by atoms with Crippen molar-refractivity contribution in [3.63, 3.8) is 0 Å². The molecule has 0 radical (unpaired) electrons. The molecule has 1 aliphatic rings. The Kier molecular flexibility index (Phi) is 29.9. The quantitative estimate of drug-likeness (QED) is 0.0248. The van der Waals surface area contributed by atoms with Gasteiger partial charge in [0.05, 0.1) is 19.8 Å². The number of esters is 2. The third kappa shape index (κ3) is 25.1. The molecule has 0 spiro atoms. The predicted molar refractivity (Wildman–Crippen MR) is 261 cm³/mol. The van der Waals surface area contributed by atoms with Crippen molar-refractivity contribution in [3.8, 4) is 11.5 Å². The van der Waals surface area contributed by atoms with E-state index < -0.39 is 71.4 Å². The summed E-state index contributed by atoms with van der Waals surface area (Å²) in [4.78, 5) is 46.0. The third-order valence-corrected chi connectivity index (χ3v) is 12.8. The van der Waals surface area contributed by atoms with E-state index >= 15 is 0 Å². The van der Waals surface area contributed by atoms with E-state index in [-0.39, 0.29) is 19.3 Å². The molecule has 1 fully saturated rings. The Balaban J connectivity index is 1.62. The van der Waals surface area contributed by atoms with Gasteiger partial charge in [-0.2, -0.15) is 8.42 Å². The van der Waals surface area contributed by atoms with Gasteiger partial charge in [-0.25, -0.2) is 10.1 Å². The van der Waals surface area contributed by atoms with Crippen molar-refractivity contribution in [1.29, 1.82) is 0 Å². The Labute approximate surface area is 422 Å². The molecule has 3 rings (SSSR count). The number of aliphatic hydroxyl groups excluding tert-OH is 1. The van der Waals surface area contributed by atoms with E-state index in [4.69, 9.17) is 85.0 Å². The lowest BCUT2D eigenvalue weighted by Gasteiger charge is -2.43. The average Bonchev–Trinajstić information content (AvgIpc) is 3.26. The molecule has 1 aliphatic heterocycles. The van der Waals surface area contributed by atoms with E-state index in [0.29, 0.717) is 76.9 Å². The fourth-order valence-electron chi connectivity index (χ4n) is 8.01. The Hall–Kier alpha value is -2.48. The SMILES string of the molecule is CCCCCCCCCCC[C@@H](CC(=O)[C@H]1C(ON)O[C@H](CO)[C@@H](OS(=O)(=O)O)[C@@H]1OC(=O)CCCCCCCOc1cc(Cl)cc(Cl)c1)OC(=O)CCCCCCCOc1cc(Cl)cc(Cl)c1. The number of carbonyl (C=O) groups excluding carboxylic acids is 3. The second-order valence-corrected chi connectivity index (χ2v) is 20.0. The molecule has 68 heavy (non-hydrogen) atoms. The molecule has 6 atom stereocenters. The Morgan fingerprint density at radius 1 is 0.662 bits per heavy atom. The maximum absolute atomic E-state index is 14.4. The van der Waals surface area contributed by atoms with E-state index in [2.05, 4.69) is 6.92 Å². The van der Waals surface area contributed by atoms with Gasteiger partial charge in [-0.05, 0) is 74.9 Å². The van der Waals surface area contributed by atoms with Gasteiger partial charge < -0.3 is 28.8 Å². The number of unbranched alkanes of at least 4 members (excludes halogenated alkanes) is 16. The van der Waals surface area contributed by atoms with Gasteiger partial charge in [0.2, 0.25) is 0 Å². The summed E-state index contributed by atoms with van der Waals surface area (Å²) in [5, 5.41) is 12.1. The number of carbonyl (C=O) groups is 3. The molecule has 20 heteroatoms. The highest BCUT2D eigenvalue weighted by molar-refractivity contribution is 7.80. The summed E-state index contributed by atoms with van der Waals surface area (Å²) in [7, 11) is -5.23. The number of hydrogen-bond donors (Lipinski definition) is 3. The minimum atomic E-state index is -5.23. The van der Waals surface area contributed by atoms with Gasteiger partial charge in [0.25, 0.3) is 0 Å². The van der Waals surface area contributed by atoms with Gasteiger partial charge in [0.1, 0.15) is 47.6 Å². The van der Waals surface area contributed by atoms with Crippen molar-refractivity contribution in [2.75, 3.05) is 19.8 Å². The fraction of sp³-hybridized carbons (Fsp3) is 0.688. The molecule has 4 N–H and O–H groups in total. The van der Waals surface area contributed by atoms with Crippen LogP contribution in [0, 0.1) is 5.92 Å². The smallest absolute Gasteiger partial charge is 0.397 e. The summed E-state index contributed by atoms with van der Waals surface area (Å²) >= 11 is 24.2. The summed E-state index contributed by atoms with van der Waals surface area (Å²) in [5.74, 6) is 3.18. The maximum atomic E-state index is 14.4. The molecule has 0 bridgehead atoms. The summed E-state index contributed by atoms with van der Waals surface area (Å²) in [5.41, 5.74) is 0. The zero-order chi connectivity index (χ0) is 49.7. The van der Waals surface area contributed by atoms with Crippen molar-refractivity contribution in [1.82, 2.24) is 0 Å². The summed E-state index contributed by atoms with van der Waals surface area (Å²) < 4.78 is 67.6. The van der Waals surface area contributed by atoms with E-state index in [1.807, 2.05) is 0 Å². The lowest BCUT2D eigenvalue weighted by Crippen LogP contribution is -2.61. The Morgan fingerprint density at radius 3 is 1.59 bits per heavy atom. The first-order valence-corrected chi connectivity index (χ1v) is 26.9. The number of ketones is 1. The van der Waals surface area contributed by atoms with Crippen LogP contribution in [0.3, 0.4) is 0 Å². The van der Waals surface area contributed by atoms with Crippen LogP contribution in [-0.2, 0) is 48.0 Å². The van der Waals surface area contributed by atoms with Gasteiger partial charge >= 0.3 is 22.3 Å². The van der Waals surface area contributed by atoms with E-state index in [1.54, 1.807) is 36.4 Å². The van der Waals surface area contributed by atoms with Gasteiger partial charge in [0.15, 0.2) is 6.29 Å². The molecule has 1 heterocycles. The van der Waals surface area contributed by atoms with Crippen LogP contribution in [0.15, 0.2) is 36.4 Å². The third-order valence-electron chi connectivity index (χ3n) is 11.4. The van der Waals surface area contributed by atoms with Gasteiger partial charge in [-0.1, -0.05) is 143 Å². The van der Waals surface area contributed by atoms with Crippen LogP contribution in [0.25, 0.3) is 0 Å². The predicted octanol–water partition coefficient (Wildman–Crippen LogP) is 11.6. The molecule has 1 saturated heterocycles. The van der Waals surface area contributed by atoms with Crippen LogP contribution >= 0.6 is 46.4 Å². The van der Waals surface area contributed by atoms with E-state index in [0.717, 1.165) is 70.6 Å². The van der Waals surface area contributed by atoms with Crippen LogP contribution in [-0.4, -0.2) is 86.3 Å². The fourth-order valence-corrected chi connectivity index (χ4v) is 9.54. The highest BCUT2D eigenvalue weighted by Gasteiger charge is 2.54. The topological polar surface area (TPSA) is 216 Å². The van der Waals surface area contributed by atoms with Crippen LogP contribution in [0.4, 0.5) is 0 Å². The number of aliphatic hydroxyl groups is 1. The zero-order valence-corrected chi connectivity index (χ0v) is 42.9. The van der Waals surface area contributed by atoms with Crippen molar-refractivity contribution >= 4 is 74.5 Å². The summed E-state index contributed by atoms with van der Waals surface area (Å²) in [6, 6.07) is 9.98. The number of benzene rings is 2. The first kappa shape index (κ1) is 59.8. The van der Waals surface area contributed by atoms with Crippen molar-refractivity contribution in [2.24, 2.45) is 11.8 Å². The normalized spacial score (nSPS) is 18.8. The number of Topliss-reactive ketones (excluding diaryl/α,β-unsaturated/α-hetero) is 1. The number of ether oxygens (including phenoxy) is 5. The lowest BCUT2D eigenvalue weighted by atomic mass is 9.85. The second-order valence-electron chi connectivity index (χ2n) is 17.2. The number of rotatable bonds is 37. The number of halogens is 4. The Morgan fingerprint density at radius 2 is 1.12 bits per heavy atom. The zero-order valence-electron chi connectivity index (χ0n) is 39.1. The number of hydrogen-bond acceptors (Lipinski definition) is 14. The molecular formula is C48H71Cl4NO14S. The van der Waals surface area contributed by atoms with Crippen molar-refractivity contribution in [3.05, 3.63) is 56.5 Å². The number of nitrogens with two attached hydrogens (primary N) is 1. The standard InChI is InChI=1S/C48H71Cl4NO14S/c1-2-3-4-5-6-7-8-11-16-21-38(63-43(56)22-17-12-9-14-19-24-61-39-28-34(49)26-35(50)29-39)32-41(55)45-47(46(67-68(58,59)60)42(33-54)64-48(45)66-53)65-44(57)23-18-13-10-15-20-25-62-40-30-36(51)27-37(52)31-40/h26-31,38,42,45-48,54H,2-25,32-33,53H2,1H3,(H,58,59,60)/t38-,42+,45+,46+,47+,48?/m0/s1. The molecule has 0 amide bonds. The van der Waals surface area contributed by atoms with E-state index in [9.17, 15) is 32.5 Å². The largest absolute Gasteiger partial charge is 0.493 e. The van der Waals surface area contributed by atoms with Crippen LogP contribution < -0.4 is 15.4 Å².